The molecule has 5 nitrogen and oxygen atoms in total. The van der Waals surface area contributed by atoms with E-state index < -0.39 is 11.4 Å². The standard InChI is InChI=1S/C14H24O5/c1-13(2,3)19-12(16)9-11-8-10(6-7-15)17-14(4,5)18-11/h7,10-11H,6,8-9H2,1-5H3. The molecule has 2 atom stereocenters. The molecule has 0 aromatic heterocycles. The molecule has 1 aliphatic heterocycles. The molecule has 0 spiro atoms. The van der Waals surface area contributed by atoms with Crippen LogP contribution in [0.2, 0.25) is 0 Å². The van der Waals surface area contributed by atoms with Gasteiger partial charge in [-0.05, 0) is 34.6 Å². The number of carbonyl (C=O) groups is 2. The predicted molar refractivity (Wildman–Crippen MR) is 69.6 cm³/mol. The maximum absolute atomic E-state index is 11.8. The maximum atomic E-state index is 11.8. The summed E-state index contributed by atoms with van der Waals surface area (Å²) in [7, 11) is 0. The second-order valence-electron chi connectivity index (χ2n) is 6.31. The van der Waals surface area contributed by atoms with Gasteiger partial charge in [-0.1, -0.05) is 0 Å². The molecule has 0 N–H and O–H groups in total. The van der Waals surface area contributed by atoms with Crippen LogP contribution in [0, 0.1) is 0 Å². The lowest BCUT2D eigenvalue weighted by atomic mass is 10.0. The van der Waals surface area contributed by atoms with Crippen molar-refractivity contribution >= 4 is 12.3 Å². The minimum absolute atomic E-state index is 0.180. The average Bonchev–Trinajstić information content (AvgIpc) is 2.10. The van der Waals surface area contributed by atoms with Crippen molar-refractivity contribution in [3.8, 4) is 0 Å². The number of hydrogen-bond acceptors (Lipinski definition) is 5. The van der Waals surface area contributed by atoms with E-state index in [1.54, 1.807) is 13.8 Å². The van der Waals surface area contributed by atoms with E-state index in [1.807, 2.05) is 20.8 Å². The van der Waals surface area contributed by atoms with Crippen molar-refractivity contribution in [2.24, 2.45) is 0 Å². The number of carbonyl (C=O) groups excluding carboxylic acids is 2. The lowest BCUT2D eigenvalue weighted by Crippen LogP contribution is -2.45. The zero-order valence-corrected chi connectivity index (χ0v) is 12.4. The molecule has 5 heteroatoms. The summed E-state index contributed by atoms with van der Waals surface area (Å²) in [6.07, 6.45) is 1.38. The first kappa shape index (κ1) is 16.1. The van der Waals surface area contributed by atoms with Crippen molar-refractivity contribution in [1.29, 1.82) is 0 Å². The lowest BCUT2D eigenvalue weighted by Gasteiger charge is -2.40. The Morgan fingerprint density at radius 3 is 2.42 bits per heavy atom. The Bertz CT molecular complexity index is 329. The summed E-state index contributed by atoms with van der Waals surface area (Å²) >= 11 is 0. The Labute approximate surface area is 114 Å². The van der Waals surface area contributed by atoms with Gasteiger partial charge >= 0.3 is 5.97 Å². The molecule has 0 saturated carbocycles. The van der Waals surface area contributed by atoms with Gasteiger partial charge in [-0.25, -0.2) is 0 Å². The summed E-state index contributed by atoms with van der Waals surface area (Å²) in [5, 5.41) is 0. The Kier molecular flexibility index (Phi) is 5.10. The molecule has 2 unspecified atom stereocenters. The average molecular weight is 272 g/mol. The van der Waals surface area contributed by atoms with Crippen molar-refractivity contribution < 1.29 is 23.8 Å². The SMILES string of the molecule is CC(C)(C)OC(=O)CC1CC(CC=O)OC(C)(C)O1. The summed E-state index contributed by atoms with van der Waals surface area (Å²) < 4.78 is 16.6. The second kappa shape index (κ2) is 6.01. The molecule has 0 aromatic rings. The third kappa shape index (κ3) is 6.16. The van der Waals surface area contributed by atoms with E-state index in [2.05, 4.69) is 0 Å². The summed E-state index contributed by atoms with van der Waals surface area (Å²) in [4.78, 5) is 22.4. The van der Waals surface area contributed by atoms with Crippen LogP contribution in [-0.4, -0.2) is 35.9 Å². The number of hydrogen-bond donors (Lipinski definition) is 0. The molecule has 19 heavy (non-hydrogen) atoms. The highest BCUT2D eigenvalue weighted by Crippen LogP contribution is 2.29. The molecule has 0 radical (unpaired) electrons. The van der Waals surface area contributed by atoms with Gasteiger partial charge in [0.25, 0.3) is 0 Å². The number of ether oxygens (including phenoxy) is 3. The van der Waals surface area contributed by atoms with Crippen LogP contribution in [0.4, 0.5) is 0 Å². The summed E-state index contributed by atoms with van der Waals surface area (Å²) in [5.74, 6) is -1.07. The second-order valence-corrected chi connectivity index (χ2v) is 6.31. The van der Waals surface area contributed by atoms with E-state index in [9.17, 15) is 9.59 Å². The van der Waals surface area contributed by atoms with Gasteiger partial charge in [0, 0.05) is 12.8 Å². The number of rotatable bonds is 4. The topological polar surface area (TPSA) is 61.8 Å². The third-order valence-electron chi connectivity index (χ3n) is 2.60. The Balaban J connectivity index is 2.57. The van der Waals surface area contributed by atoms with Crippen LogP contribution < -0.4 is 0 Å². The molecule has 1 fully saturated rings. The van der Waals surface area contributed by atoms with Gasteiger partial charge in [-0.15, -0.1) is 0 Å². The maximum Gasteiger partial charge on any atom is 0.308 e. The molecule has 1 aliphatic rings. The fourth-order valence-electron chi connectivity index (χ4n) is 2.17. The van der Waals surface area contributed by atoms with Gasteiger partial charge in [0.05, 0.1) is 18.6 Å². The number of esters is 1. The molecular weight excluding hydrogens is 248 g/mol. The van der Waals surface area contributed by atoms with E-state index in [0.717, 1.165) is 6.29 Å². The van der Waals surface area contributed by atoms with Gasteiger partial charge in [-0.2, -0.15) is 0 Å². The van der Waals surface area contributed by atoms with E-state index >= 15 is 0 Å². The van der Waals surface area contributed by atoms with E-state index in [4.69, 9.17) is 14.2 Å². The normalized spacial score (nSPS) is 26.8. The van der Waals surface area contributed by atoms with Crippen LogP contribution in [0.15, 0.2) is 0 Å². The third-order valence-corrected chi connectivity index (χ3v) is 2.60. The largest absolute Gasteiger partial charge is 0.460 e. The lowest BCUT2D eigenvalue weighted by molar-refractivity contribution is -0.299. The van der Waals surface area contributed by atoms with Gasteiger partial charge in [0.15, 0.2) is 5.79 Å². The highest BCUT2D eigenvalue weighted by Gasteiger charge is 2.36. The molecule has 1 heterocycles. The molecule has 0 bridgehead atoms. The quantitative estimate of drug-likeness (QED) is 0.580. The Morgan fingerprint density at radius 2 is 1.89 bits per heavy atom. The van der Waals surface area contributed by atoms with Gasteiger partial charge in [-0.3, -0.25) is 4.79 Å². The van der Waals surface area contributed by atoms with E-state index in [0.29, 0.717) is 12.8 Å². The fourth-order valence-corrected chi connectivity index (χ4v) is 2.17. The summed E-state index contributed by atoms with van der Waals surface area (Å²) in [6.45, 7) is 9.05. The fraction of sp³-hybridized carbons (Fsp3) is 0.857. The summed E-state index contributed by atoms with van der Waals surface area (Å²) in [5.41, 5.74) is -0.500. The minimum atomic E-state index is -0.779. The van der Waals surface area contributed by atoms with Gasteiger partial charge < -0.3 is 19.0 Å². The first-order valence-electron chi connectivity index (χ1n) is 6.62. The molecule has 0 aromatic carbocycles. The monoisotopic (exact) mass is 272 g/mol. The molecular formula is C14H24O5. The van der Waals surface area contributed by atoms with E-state index in [-0.39, 0.29) is 24.6 Å². The van der Waals surface area contributed by atoms with E-state index in [1.165, 1.54) is 0 Å². The van der Waals surface area contributed by atoms with Gasteiger partial charge in [0.2, 0.25) is 0 Å². The molecule has 0 aliphatic carbocycles. The van der Waals surface area contributed by atoms with Crippen LogP contribution >= 0.6 is 0 Å². The van der Waals surface area contributed by atoms with Crippen LogP contribution in [0.3, 0.4) is 0 Å². The highest BCUT2D eigenvalue weighted by atomic mass is 16.7. The van der Waals surface area contributed by atoms with Gasteiger partial charge in [0.1, 0.15) is 11.9 Å². The van der Waals surface area contributed by atoms with Crippen molar-refractivity contribution in [2.45, 2.75) is 77.5 Å². The molecule has 1 rings (SSSR count). The van der Waals surface area contributed by atoms with Crippen molar-refractivity contribution in [1.82, 2.24) is 0 Å². The van der Waals surface area contributed by atoms with Crippen LogP contribution in [0.25, 0.3) is 0 Å². The van der Waals surface area contributed by atoms with Crippen molar-refractivity contribution in [3.05, 3.63) is 0 Å². The Hall–Kier alpha value is -0.940. The summed E-state index contributed by atoms with van der Waals surface area (Å²) in [6, 6.07) is 0. The highest BCUT2D eigenvalue weighted by molar-refractivity contribution is 5.70. The zero-order valence-electron chi connectivity index (χ0n) is 12.4. The first-order chi connectivity index (χ1) is 8.61. The zero-order chi connectivity index (χ0) is 14.7. The molecule has 0 amide bonds. The minimum Gasteiger partial charge on any atom is -0.460 e. The van der Waals surface area contributed by atoms with Crippen molar-refractivity contribution in [2.75, 3.05) is 0 Å². The van der Waals surface area contributed by atoms with Crippen LogP contribution in [0.1, 0.15) is 53.9 Å². The first-order valence-corrected chi connectivity index (χ1v) is 6.62. The Morgan fingerprint density at radius 1 is 1.32 bits per heavy atom. The van der Waals surface area contributed by atoms with Crippen LogP contribution in [-0.2, 0) is 23.8 Å². The molecule has 1 saturated heterocycles. The molecule has 110 valence electrons. The van der Waals surface area contributed by atoms with Crippen LogP contribution in [0.5, 0.6) is 0 Å². The predicted octanol–water partition coefficient (Wildman–Crippen LogP) is 2.22. The number of aldehydes is 1. The van der Waals surface area contributed by atoms with Crippen molar-refractivity contribution in [3.63, 3.8) is 0 Å². The smallest absolute Gasteiger partial charge is 0.308 e.